The molecule has 0 saturated carbocycles. The van der Waals surface area contributed by atoms with Gasteiger partial charge in [0.15, 0.2) is 0 Å². The first-order chi connectivity index (χ1) is 8.28. The number of aromatic nitrogens is 2. The number of thiophene rings is 1. The van der Waals surface area contributed by atoms with E-state index in [1.807, 2.05) is 17.8 Å². The molecule has 0 fully saturated rings. The van der Waals surface area contributed by atoms with Crippen molar-refractivity contribution < 1.29 is 5.11 Å². The molecule has 0 saturated heterocycles. The largest absolute Gasteiger partial charge is 0.383 e. The van der Waals surface area contributed by atoms with Crippen LogP contribution in [-0.2, 0) is 19.4 Å². The van der Waals surface area contributed by atoms with Crippen LogP contribution >= 0.6 is 11.3 Å². The van der Waals surface area contributed by atoms with Crippen molar-refractivity contribution in [2.75, 3.05) is 0 Å². The van der Waals surface area contributed by atoms with Crippen molar-refractivity contribution >= 4 is 11.3 Å². The van der Waals surface area contributed by atoms with Crippen LogP contribution in [0.5, 0.6) is 0 Å². The fourth-order valence-electron chi connectivity index (χ4n) is 2.34. The molecule has 1 atom stereocenters. The fourth-order valence-corrected chi connectivity index (χ4v) is 3.62. The van der Waals surface area contributed by atoms with Crippen molar-refractivity contribution in [2.24, 2.45) is 0 Å². The zero-order chi connectivity index (χ0) is 11.8. The Morgan fingerprint density at radius 2 is 2.41 bits per heavy atom. The monoisotopic (exact) mass is 248 g/mol. The minimum absolute atomic E-state index is 0.508. The summed E-state index contributed by atoms with van der Waals surface area (Å²) < 4.78 is 1.85. The van der Waals surface area contributed by atoms with Crippen LogP contribution in [0.2, 0.25) is 0 Å². The van der Waals surface area contributed by atoms with Crippen molar-refractivity contribution in [1.29, 1.82) is 0 Å². The van der Waals surface area contributed by atoms with E-state index >= 15 is 0 Å². The summed E-state index contributed by atoms with van der Waals surface area (Å²) in [6, 6.07) is 2.17. The van der Waals surface area contributed by atoms with Gasteiger partial charge in [-0.25, -0.2) is 0 Å². The second-order valence-electron chi connectivity index (χ2n) is 4.48. The van der Waals surface area contributed by atoms with Gasteiger partial charge in [-0.15, -0.1) is 11.3 Å². The second-order valence-corrected chi connectivity index (χ2v) is 5.65. The molecule has 17 heavy (non-hydrogen) atoms. The highest BCUT2D eigenvalue weighted by atomic mass is 32.1. The summed E-state index contributed by atoms with van der Waals surface area (Å²) in [5, 5.41) is 14.5. The van der Waals surface area contributed by atoms with Gasteiger partial charge in [0, 0.05) is 28.1 Å². The summed E-state index contributed by atoms with van der Waals surface area (Å²) in [6.07, 6.45) is 6.80. The summed E-state index contributed by atoms with van der Waals surface area (Å²) in [7, 11) is 0. The molecule has 0 radical (unpaired) electrons. The molecule has 0 bridgehead atoms. The Morgan fingerprint density at radius 1 is 1.53 bits per heavy atom. The number of aryl methyl sites for hydroxylation is 3. The maximum absolute atomic E-state index is 10.3. The third-order valence-electron chi connectivity index (χ3n) is 3.33. The summed E-state index contributed by atoms with van der Waals surface area (Å²) in [4.78, 5) is 2.52. The summed E-state index contributed by atoms with van der Waals surface area (Å²) in [5.74, 6) is 0. The minimum Gasteiger partial charge on any atom is -0.383 e. The lowest BCUT2D eigenvalue weighted by Gasteiger charge is -2.05. The SMILES string of the molecule is CCn1cc(C(O)c2cc3c(s2)CCC3)cn1. The predicted octanol–water partition coefficient (Wildman–Crippen LogP) is 2.53. The molecule has 2 aromatic heterocycles. The Kier molecular flexibility index (Phi) is 2.76. The lowest BCUT2D eigenvalue weighted by Crippen LogP contribution is -1.96. The molecule has 1 unspecified atom stereocenters. The minimum atomic E-state index is -0.508. The van der Waals surface area contributed by atoms with Gasteiger partial charge in [0.05, 0.1) is 6.20 Å². The lowest BCUT2D eigenvalue weighted by atomic mass is 10.1. The molecule has 1 aliphatic rings. The van der Waals surface area contributed by atoms with Gasteiger partial charge < -0.3 is 5.11 Å². The third-order valence-corrected chi connectivity index (χ3v) is 4.62. The van der Waals surface area contributed by atoms with Crippen LogP contribution in [0.4, 0.5) is 0 Å². The van der Waals surface area contributed by atoms with Gasteiger partial charge >= 0.3 is 0 Å². The van der Waals surface area contributed by atoms with Crippen molar-refractivity contribution in [1.82, 2.24) is 9.78 Å². The summed E-state index contributed by atoms with van der Waals surface area (Å²) >= 11 is 1.75. The Bertz CT molecular complexity index is 508. The van der Waals surface area contributed by atoms with Gasteiger partial charge in [0.1, 0.15) is 6.10 Å². The first-order valence-electron chi connectivity index (χ1n) is 6.10. The Morgan fingerprint density at radius 3 is 3.12 bits per heavy atom. The lowest BCUT2D eigenvalue weighted by molar-refractivity contribution is 0.224. The van der Waals surface area contributed by atoms with E-state index in [1.54, 1.807) is 17.5 Å². The van der Waals surface area contributed by atoms with Crippen molar-refractivity contribution in [3.8, 4) is 0 Å². The second kappa shape index (κ2) is 4.27. The molecule has 0 spiro atoms. The molecular weight excluding hydrogens is 232 g/mol. The van der Waals surface area contributed by atoms with Crippen LogP contribution < -0.4 is 0 Å². The van der Waals surface area contributed by atoms with Crippen molar-refractivity contribution in [2.45, 2.75) is 38.8 Å². The van der Waals surface area contributed by atoms with Gasteiger partial charge in [0.25, 0.3) is 0 Å². The zero-order valence-electron chi connectivity index (χ0n) is 9.89. The van der Waals surface area contributed by atoms with Crippen LogP contribution in [-0.4, -0.2) is 14.9 Å². The standard InChI is InChI=1S/C13H16N2OS/c1-2-15-8-10(7-14-15)13(16)12-6-9-4-3-5-11(9)17-12/h6-8,13,16H,2-5H2,1H3. The number of aliphatic hydroxyl groups excluding tert-OH is 1. The number of nitrogens with zero attached hydrogens (tertiary/aromatic N) is 2. The van der Waals surface area contributed by atoms with E-state index in [0.29, 0.717) is 0 Å². The predicted molar refractivity (Wildman–Crippen MR) is 68.3 cm³/mol. The molecular formula is C13H16N2OS. The molecule has 0 amide bonds. The van der Waals surface area contributed by atoms with Crippen LogP contribution in [0.25, 0.3) is 0 Å². The number of fused-ring (bicyclic) bond motifs is 1. The average Bonchev–Trinajstić information content (AvgIpc) is 3.02. The van der Waals surface area contributed by atoms with E-state index in [-0.39, 0.29) is 0 Å². The molecule has 3 rings (SSSR count). The zero-order valence-corrected chi connectivity index (χ0v) is 10.7. The molecule has 0 aliphatic heterocycles. The van der Waals surface area contributed by atoms with Gasteiger partial charge in [-0.2, -0.15) is 5.10 Å². The van der Waals surface area contributed by atoms with E-state index in [4.69, 9.17) is 0 Å². The average molecular weight is 248 g/mol. The van der Waals surface area contributed by atoms with Gasteiger partial charge in [-0.1, -0.05) is 0 Å². The molecule has 1 aliphatic carbocycles. The van der Waals surface area contributed by atoms with E-state index in [2.05, 4.69) is 11.2 Å². The maximum Gasteiger partial charge on any atom is 0.116 e. The van der Waals surface area contributed by atoms with Crippen molar-refractivity contribution in [3.05, 3.63) is 39.3 Å². The highest BCUT2D eigenvalue weighted by Gasteiger charge is 2.20. The molecule has 4 heteroatoms. The Labute approximate surface area is 105 Å². The normalized spacial score (nSPS) is 16.1. The number of hydrogen-bond acceptors (Lipinski definition) is 3. The van der Waals surface area contributed by atoms with Gasteiger partial charge in [0.2, 0.25) is 0 Å². The maximum atomic E-state index is 10.3. The van der Waals surface area contributed by atoms with Crippen LogP contribution in [0.1, 0.15) is 40.3 Å². The summed E-state index contributed by atoms with van der Waals surface area (Å²) in [5.41, 5.74) is 2.33. The summed E-state index contributed by atoms with van der Waals surface area (Å²) in [6.45, 7) is 2.89. The van der Waals surface area contributed by atoms with E-state index in [0.717, 1.165) is 17.0 Å². The Hall–Kier alpha value is -1.13. The van der Waals surface area contributed by atoms with E-state index in [9.17, 15) is 5.11 Å². The Balaban J connectivity index is 1.87. The van der Waals surface area contributed by atoms with E-state index in [1.165, 1.54) is 29.7 Å². The first-order valence-corrected chi connectivity index (χ1v) is 6.91. The third kappa shape index (κ3) is 1.91. The first kappa shape index (κ1) is 11.0. The van der Waals surface area contributed by atoms with Crippen molar-refractivity contribution in [3.63, 3.8) is 0 Å². The molecule has 2 aromatic rings. The van der Waals surface area contributed by atoms with Crippen LogP contribution in [0.15, 0.2) is 18.5 Å². The molecule has 3 nitrogen and oxygen atoms in total. The quantitative estimate of drug-likeness (QED) is 0.906. The highest BCUT2D eigenvalue weighted by molar-refractivity contribution is 7.12. The fraction of sp³-hybridized carbons (Fsp3) is 0.462. The molecule has 0 aromatic carbocycles. The number of rotatable bonds is 3. The van der Waals surface area contributed by atoms with Gasteiger partial charge in [-0.3, -0.25) is 4.68 Å². The van der Waals surface area contributed by atoms with Crippen LogP contribution in [0, 0.1) is 0 Å². The smallest absolute Gasteiger partial charge is 0.116 e. The number of aliphatic hydroxyl groups is 1. The van der Waals surface area contributed by atoms with Crippen LogP contribution in [0.3, 0.4) is 0 Å². The van der Waals surface area contributed by atoms with Gasteiger partial charge in [-0.05, 0) is 37.8 Å². The van der Waals surface area contributed by atoms with E-state index < -0.39 is 6.10 Å². The molecule has 90 valence electrons. The highest BCUT2D eigenvalue weighted by Crippen LogP contribution is 2.35. The topological polar surface area (TPSA) is 38.0 Å². The molecule has 1 N–H and O–H groups in total. The molecule has 2 heterocycles. The number of hydrogen-bond donors (Lipinski definition) is 1.